The Bertz CT molecular complexity index is 1320. The summed E-state index contributed by atoms with van der Waals surface area (Å²) >= 11 is 9.92. The molecule has 0 bridgehead atoms. The van der Waals surface area contributed by atoms with E-state index in [1.165, 1.54) is 58.7 Å². The maximum absolute atomic E-state index is 12.6. The maximum atomic E-state index is 12.6. The summed E-state index contributed by atoms with van der Waals surface area (Å²) in [5.41, 5.74) is 1.16. The van der Waals surface area contributed by atoms with Crippen molar-refractivity contribution in [3.63, 3.8) is 0 Å². The number of thiazole rings is 2. The Morgan fingerprint density at radius 2 is 1.97 bits per heavy atom. The van der Waals surface area contributed by atoms with Gasteiger partial charge in [0.1, 0.15) is 0 Å². The van der Waals surface area contributed by atoms with Gasteiger partial charge < -0.3 is 5.32 Å². The van der Waals surface area contributed by atoms with Crippen molar-refractivity contribution in [1.82, 2.24) is 9.97 Å². The molecule has 0 aliphatic carbocycles. The van der Waals surface area contributed by atoms with Crippen molar-refractivity contribution < 1.29 is 13.2 Å². The van der Waals surface area contributed by atoms with Gasteiger partial charge in [-0.05, 0) is 49.4 Å². The normalized spacial score (nSPS) is 12.6. The van der Waals surface area contributed by atoms with Crippen molar-refractivity contribution >= 4 is 83.0 Å². The summed E-state index contributed by atoms with van der Waals surface area (Å²) in [4.78, 5) is 21.0. The largest absolute Gasteiger partial charge is 0.301 e. The Balaban J connectivity index is 1.47. The van der Waals surface area contributed by atoms with E-state index in [9.17, 15) is 13.2 Å². The zero-order valence-electron chi connectivity index (χ0n) is 15.9. The predicted molar refractivity (Wildman–Crippen MR) is 128 cm³/mol. The van der Waals surface area contributed by atoms with Crippen LogP contribution in [0.5, 0.6) is 0 Å². The molecule has 1 amide bonds. The van der Waals surface area contributed by atoms with Gasteiger partial charge in [0, 0.05) is 16.6 Å². The van der Waals surface area contributed by atoms with Crippen molar-refractivity contribution in [3.8, 4) is 0 Å². The second-order valence-corrected chi connectivity index (χ2v) is 11.9. The van der Waals surface area contributed by atoms with Crippen molar-refractivity contribution in [2.75, 3.05) is 10.0 Å². The lowest BCUT2D eigenvalue weighted by atomic mass is 10.3. The van der Waals surface area contributed by atoms with E-state index in [4.69, 9.17) is 11.6 Å². The minimum absolute atomic E-state index is 0.123. The minimum Gasteiger partial charge on any atom is -0.301 e. The number of nitrogens with zero attached hydrogens (tertiary/aromatic N) is 2. The molecule has 7 nitrogen and oxygen atoms in total. The van der Waals surface area contributed by atoms with Gasteiger partial charge in [-0.3, -0.25) is 9.52 Å². The summed E-state index contributed by atoms with van der Waals surface area (Å²) in [5.74, 6) is -0.157. The summed E-state index contributed by atoms with van der Waals surface area (Å²) in [7, 11) is -3.73. The molecule has 0 saturated carbocycles. The van der Waals surface area contributed by atoms with Crippen LogP contribution in [0.1, 0.15) is 6.92 Å². The zero-order valence-corrected chi connectivity index (χ0v) is 19.9. The summed E-state index contributed by atoms with van der Waals surface area (Å²) in [6.07, 6.45) is 1.63. The number of thioether (sulfide) groups is 1. The van der Waals surface area contributed by atoms with Crippen LogP contribution in [0.3, 0.4) is 0 Å². The average Bonchev–Trinajstić information content (AvgIpc) is 3.37. The minimum atomic E-state index is -3.73. The third-order valence-corrected chi connectivity index (χ3v) is 8.60. The standard InChI is InChI=1S/C19H15ClN4O3S4/c1-11(17(25)23-18-21-8-9-28-18)29-19-22-15-7-4-13(10-16(15)30-19)24-31(26,27)14-5-2-12(20)3-6-14/h2-11,24H,1H3,(H,21,23,25)/t11-/m0/s1. The molecule has 0 saturated heterocycles. The van der Waals surface area contributed by atoms with Crippen LogP contribution in [-0.2, 0) is 14.8 Å². The van der Waals surface area contributed by atoms with Gasteiger partial charge in [-0.25, -0.2) is 18.4 Å². The molecule has 0 spiro atoms. The van der Waals surface area contributed by atoms with Crippen LogP contribution < -0.4 is 10.0 Å². The van der Waals surface area contributed by atoms with Crippen molar-refractivity contribution in [1.29, 1.82) is 0 Å². The Hall–Kier alpha value is -2.18. The summed E-state index contributed by atoms with van der Waals surface area (Å²) in [6.45, 7) is 1.80. The fraction of sp³-hybridized carbons (Fsp3) is 0.105. The number of anilines is 2. The van der Waals surface area contributed by atoms with Gasteiger partial charge in [0.05, 0.1) is 26.0 Å². The Labute approximate surface area is 195 Å². The fourth-order valence-corrected chi connectivity index (χ4v) is 6.50. The smallest absolute Gasteiger partial charge is 0.261 e. The lowest BCUT2D eigenvalue weighted by Crippen LogP contribution is -2.22. The van der Waals surface area contributed by atoms with E-state index in [1.54, 1.807) is 36.7 Å². The Morgan fingerprint density at radius 1 is 1.19 bits per heavy atom. The summed E-state index contributed by atoms with van der Waals surface area (Å²) in [6, 6.07) is 11.1. The first-order valence-electron chi connectivity index (χ1n) is 8.86. The van der Waals surface area contributed by atoms with Gasteiger partial charge in [-0.1, -0.05) is 23.4 Å². The molecule has 1 atom stereocenters. The van der Waals surface area contributed by atoms with Crippen LogP contribution in [0.2, 0.25) is 5.02 Å². The van der Waals surface area contributed by atoms with Gasteiger partial charge in [0.2, 0.25) is 5.91 Å². The topological polar surface area (TPSA) is 101 Å². The van der Waals surface area contributed by atoms with E-state index in [0.717, 1.165) is 14.6 Å². The van der Waals surface area contributed by atoms with E-state index >= 15 is 0 Å². The van der Waals surface area contributed by atoms with E-state index in [0.29, 0.717) is 15.8 Å². The highest BCUT2D eigenvalue weighted by Gasteiger charge is 2.19. The van der Waals surface area contributed by atoms with Crippen LogP contribution in [0.25, 0.3) is 10.2 Å². The van der Waals surface area contributed by atoms with Crippen molar-refractivity contribution in [2.45, 2.75) is 21.4 Å². The molecule has 2 N–H and O–H groups in total. The van der Waals surface area contributed by atoms with Crippen LogP contribution in [0.4, 0.5) is 10.8 Å². The second-order valence-electron chi connectivity index (χ2n) is 6.31. The SMILES string of the molecule is C[C@H](Sc1nc2ccc(NS(=O)(=O)c3ccc(Cl)cc3)cc2s1)C(=O)Nc1nccs1. The van der Waals surface area contributed by atoms with E-state index in [2.05, 4.69) is 20.0 Å². The number of carbonyl (C=O) groups is 1. The molecule has 31 heavy (non-hydrogen) atoms. The molecule has 0 fully saturated rings. The molecule has 2 heterocycles. The lowest BCUT2D eigenvalue weighted by molar-refractivity contribution is -0.115. The third-order valence-electron chi connectivity index (χ3n) is 4.05. The fourth-order valence-electron chi connectivity index (χ4n) is 2.54. The van der Waals surface area contributed by atoms with Gasteiger partial charge in [-0.15, -0.1) is 22.7 Å². The highest BCUT2D eigenvalue weighted by molar-refractivity contribution is 8.02. The second kappa shape index (κ2) is 9.13. The average molecular weight is 511 g/mol. The van der Waals surface area contributed by atoms with Crippen LogP contribution in [0, 0.1) is 0 Å². The van der Waals surface area contributed by atoms with Crippen LogP contribution >= 0.6 is 46.0 Å². The highest BCUT2D eigenvalue weighted by Crippen LogP contribution is 2.34. The van der Waals surface area contributed by atoms with Gasteiger partial charge >= 0.3 is 0 Å². The molecule has 12 heteroatoms. The number of carbonyl (C=O) groups excluding carboxylic acids is 1. The van der Waals surface area contributed by atoms with Gasteiger partial charge in [0.15, 0.2) is 9.47 Å². The first-order chi connectivity index (χ1) is 14.8. The number of fused-ring (bicyclic) bond motifs is 1. The summed E-state index contributed by atoms with van der Waals surface area (Å²) in [5, 5.41) is 5.21. The van der Waals surface area contributed by atoms with Crippen LogP contribution in [0.15, 0.2) is 63.3 Å². The molecule has 0 radical (unpaired) electrons. The quantitative estimate of drug-likeness (QED) is 0.326. The number of halogens is 1. The molecule has 0 aliphatic heterocycles. The lowest BCUT2D eigenvalue weighted by Gasteiger charge is -2.08. The number of hydrogen-bond acceptors (Lipinski definition) is 8. The molecule has 0 aliphatic rings. The van der Waals surface area contributed by atoms with E-state index in [1.807, 2.05) is 0 Å². The number of aromatic nitrogens is 2. The Kier molecular flexibility index (Phi) is 6.49. The molecule has 4 rings (SSSR count). The molecule has 160 valence electrons. The number of rotatable bonds is 7. The monoisotopic (exact) mass is 510 g/mol. The molecule has 4 aromatic rings. The molecule has 2 aromatic carbocycles. The van der Waals surface area contributed by atoms with Crippen molar-refractivity contribution in [3.05, 3.63) is 59.1 Å². The number of amides is 1. The molecule has 2 aromatic heterocycles. The van der Waals surface area contributed by atoms with Crippen LogP contribution in [-0.4, -0.2) is 29.5 Å². The highest BCUT2D eigenvalue weighted by atomic mass is 35.5. The van der Waals surface area contributed by atoms with Crippen molar-refractivity contribution in [2.24, 2.45) is 0 Å². The maximum Gasteiger partial charge on any atom is 0.261 e. The van der Waals surface area contributed by atoms with E-state index in [-0.39, 0.29) is 16.1 Å². The first-order valence-corrected chi connectivity index (χ1v) is 13.3. The number of benzene rings is 2. The number of nitrogens with one attached hydrogen (secondary N) is 2. The molecular formula is C19H15ClN4O3S4. The molecular weight excluding hydrogens is 496 g/mol. The third kappa shape index (κ3) is 5.36. The van der Waals surface area contributed by atoms with Gasteiger partial charge in [-0.2, -0.15) is 0 Å². The van der Waals surface area contributed by atoms with E-state index < -0.39 is 10.0 Å². The number of hydrogen-bond donors (Lipinski definition) is 2. The Morgan fingerprint density at radius 3 is 2.68 bits per heavy atom. The summed E-state index contributed by atoms with van der Waals surface area (Å²) < 4.78 is 29.3. The zero-order chi connectivity index (χ0) is 22.0. The number of sulfonamides is 1. The molecule has 0 unspecified atom stereocenters. The van der Waals surface area contributed by atoms with Gasteiger partial charge in [0.25, 0.3) is 10.0 Å². The first kappa shape index (κ1) is 22.0. The predicted octanol–water partition coefficient (Wildman–Crippen LogP) is 5.33.